The van der Waals surface area contributed by atoms with Crippen LogP contribution in [0.15, 0.2) is 18.3 Å². The van der Waals surface area contributed by atoms with Crippen molar-refractivity contribution in [3.63, 3.8) is 0 Å². The van der Waals surface area contributed by atoms with Gasteiger partial charge in [0.1, 0.15) is 0 Å². The third-order valence-corrected chi connectivity index (χ3v) is 5.49. The van der Waals surface area contributed by atoms with Crippen LogP contribution in [0, 0.1) is 5.41 Å². The Morgan fingerprint density at radius 1 is 1.07 bits per heavy atom. The highest BCUT2D eigenvalue weighted by atomic mass is 19.4. The highest BCUT2D eigenvalue weighted by Crippen LogP contribution is 2.52. The van der Waals surface area contributed by atoms with Crippen LogP contribution in [0.4, 0.5) is 32.0 Å². The predicted molar refractivity (Wildman–Crippen MR) is 84.7 cm³/mol. The molecule has 5 nitrogen and oxygen atoms in total. The average molecular weight is 412 g/mol. The molecule has 0 aromatic carbocycles. The molecular formula is C17H18F6N2O3. The third kappa shape index (κ3) is 3.89. The van der Waals surface area contributed by atoms with E-state index in [1.54, 1.807) is 0 Å². The lowest BCUT2D eigenvalue weighted by Crippen LogP contribution is -2.51. The number of pyridine rings is 1. The number of aliphatic hydroxyl groups is 1. The zero-order valence-electron chi connectivity index (χ0n) is 14.6. The summed E-state index contributed by atoms with van der Waals surface area (Å²) in [5.74, 6) is -0.613. The minimum atomic E-state index is -4.74. The Morgan fingerprint density at radius 2 is 1.71 bits per heavy atom. The van der Waals surface area contributed by atoms with Crippen LogP contribution in [-0.2, 0) is 4.79 Å². The first-order valence-corrected chi connectivity index (χ1v) is 8.62. The van der Waals surface area contributed by atoms with Crippen LogP contribution in [0.3, 0.4) is 0 Å². The Bertz CT molecular complexity index is 724. The molecule has 1 amide bonds. The number of carbonyl (C=O) groups excluding carboxylic acids is 1. The summed E-state index contributed by atoms with van der Waals surface area (Å²) >= 11 is 0. The zero-order valence-corrected chi connectivity index (χ0v) is 14.6. The first-order chi connectivity index (χ1) is 12.9. The van der Waals surface area contributed by atoms with Gasteiger partial charge in [-0.25, -0.2) is 4.98 Å². The quantitative estimate of drug-likeness (QED) is 0.771. The summed E-state index contributed by atoms with van der Waals surface area (Å²) in [6, 6.07) is 2.58. The summed E-state index contributed by atoms with van der Waals surface area (Å²) in [6.07, 6.45) is -8.97. The highest BCUT2D eigenvalue weighted by molar-refractivity contribution is 5.99. The van der Waals surface area contributed by atoms with Crippen molar-refractivity contribution in [1.29, 1.82) is 0 Å². The fourth-order valence-corrected chi connectivity index (χ4v) is 3.73. The maximum Gasteiger partial charge on any atom is 0.422 e. The molecule has 2 aliphatic rings. The normalized spacial score (nSPS) is 28.8. The number of alkyl halides is 6. The van der Waals surface area contributed by atoms with Gasteiger partial charge in [-0.05, 0) is 38.2 Å². The van der Waals surface area contributed by atoms with E-state index < -0.39 is 42.8 Å². The fourth-order valence-electron chi connectivity index (χ4n) is 3.73. The van der Waals surface area contributed by atoms with Crippen LogP contribution in [0.2, 0.25) is 0 Å². The molecule has 1 saturated carbocycles. The van der Waals surface area contributed by atoms with E-state index >= 15 is 0 Å². The fraction of sp³-hybridized carbons (Fsp3) is 0.647. The van der Waals surface area contributed by atoms with E-state index in [2.05, 4.69) is 9.72 Å². The van der Waals surface area contributed by atoms with Crippen molar-refractivity contribution in [3.8, 4) is 5.88 Å². The lowest BCUT2D eigenvalue weighted by atomic mass is 9.67. The third-order valence-electron chi connectivity index (χ3n) is 5.49. The van der Waals surface area contributed by atoms with Crippen LogP contribution < -0.4 is 9.64 Å². The molecular weight excluding hydrogens is 394 g/mol. The van der Waals surface area contributed by atoms with Gasteiger partial charge in [-0.15, -0.1) is 0 Å². The summed E-state index contributed by atoms with van der Waals surface area (Å²) in [5.41, 5.74) is -3.41. The van der Waals surface area contributed by atoms with Crippen LogP contribution in [0.1, 0.15) is 32.1 Å². The number of amides is 1. The molecule has 1 aromatic heterocycles. The summed E-state index contributed by atoms with van der Waals surface area (Å²) in [7, 11) is 0. The van der Waals surface area contributed by atoms with E-state index in [4.69, 9.17) is 0 Å². The largest absolute Gasteiger partial charge is 0.468 e. The first kappa shape index (κ1) is 20.7. The van der Waals surface area contributed by atoms with Crippen LogP contribution >= 0.6 is 0 Å². The van der Waals surface area contributed by atoms with Crippen molar-refractivity contribution in [3.05, 3.63) is 18.3 Å². The molecule has 2 fully saturated rings. The maximum atomic E-state index is 13.0. The minimum absolute atomic E-state index is 0.0848. The Morgan fingerprint density at radius 3 is 2.21 bits per heavy atom. The number of ether oxygens (including phenoxy) is 1. The van der Waals surface area contributed by atoms with Crippen LogP contribution in [0.5, 0.6) is 5.88 Å². The second kappa shape index (κ2) is 6.78. The number of anilines is 1. The molecule has 28 heavy (non-hydrogen) atoms. The van der Waals surface area contributed by atoms with Gasteiger partial charge in [0.2, 0.25) is 11.8 Å². The van der Waals surface area contributed by atoms with Crippen LogP contribution in [0.25, 0.3) is 0 Å². The van der Waals surface area contributed by atoms with Gasteiger partial charge in [-0.1, -0.05) is 0 Å². The number of halogens is 6. The Hall–Kier alpha value is -2.04. The Kier molecular flexibility index (Phi) is 5.01. The lowest BCUT2D eigenvalue weighted by molar-refractivity contribution is -0.274. The molecule has 2 heterocycles. The van der Waals surface area contributed by atoms with E-state index in [9.17, 15) is 36.2 Å². The molecule has 0 bridgehead atoms. The monoisotopic (exact) mass is 412 g/mol. The van der Waals surface area contributed by atoms with Crippen LogP contribution in [-0.4, -0.2) is 47.1 Å². The molecule has 1 N–H and O–H groups in total. The number of hydrogen-bond acceptors (Lipinski definition) is 4. The smallest absolute Gasteiger partial charge is 0.422 e. The van der Waals surface area contributed by atoms with E-state index in [0.29, 0.717) is 12.1 Å². The molecule has 0 atom stereocenters. The Labute approximate surface area is 156 Å². The van der Waals surface area contributed by atoms with Crippen molar-refractivity contribution >= 4 is 11.6 Å². The van der Waals surface area contributed by atoms with Crippen molar-refractivity contribution in [2.45, 2.75) is 50.1 Å². The van der Waals surface area contributed by atoms with Gasteiger partial charge in [0.05, 0.1) is 17.3 Å². The summed E-state index contributed by atoms with van der Waals surface area (Å²) < 4.78 is 79.9. The van der Waals surface area contributed by atoms with Gasteiger partial charge in [0.15, 0.2) is 12.2 Å². The summed E-state index contributed by atoms with van der Waals surface area (Å²) in [5, 5.41) is 9.81. The van der Waals surface area contributed by atoms with Gasteiger partial charge < -0.3 is 14.7 Å². The second-order valence-corrected chi connectivity index (χ2v) is 7.27. The molecule has 1 saturated heterocycles. The maximum absolute atomic E-state index is 13.0. The Balaban J connectivity index is 1.66. The number of carbonyl (C=O) groups is 1. The summed E-state index contributed by atoms with van der Waals surface area (Å²) in [4.78, 5) is 17.9. The van der Waals surface area contributed by atoms with Crippen molar-refractivity contribution in [2.24, 2.45) is 5.41 Å². The zero-order chi connectivity index (χ0) is 20.8. The average Bonchev–Trinajstić information content (AvgIpc) is 2.92. The molecule has 156 valence electrons. The molecule has 11 heteroatoms. The molecule has 0 unspecified atom stereocenters. The number of hydrogen-bond donors (Lipinski definition) is 1. The van der Waals surface area contributed by atoms with Gasteiger partial charge >= 0.3 is 12.4 Å². The van der Waals surface area contributed by atoms with Gasteiger partial charge in [0, 0.05) is 12.6 Å². The minimum Gasteiger partial charge on any atom is -0.468 e. The van der Waals surface area contributed by atoms with Gasteiger partial charge in [-0.3, -0.25) is 4.79 Å². The standard InChI is InChI=1S/C17H18F6N2O3/c18-16(19,20)10-28-12-2-1-11(9-24-12)25-8-7-14(13(25)26)3-5-15(27,6-4-14)17(21,22)23/h1-2,9,27H,3-8,10H2/t14-,15+. The van der Waals surface area contributed by atoms with Crippen molar-refractivity contribution < 1.29 is 41.0 Å². The molecule has 0 radical (unpaired) electrons. The number of nitrogens with zero attached hydrogens (tertiary/aromatic N) is 2. The molecule has 1 aliphatic carbocycles. The van der Waals surface area contributed by atoms with E-state index in [-0.39, 0.29) is 31.2 Å². The van der Waals surface area contributed by atoms with Crippen molar-refractivity contribution in [1.82, 2.24) is 4.98 Å². The summed E-state index contributed by atoms with van der Waals surface area (Å²) in [6.45, 7) is -1.24. The second-order valence-electron chi connectivity index (χ2n) is 7.27. The van der Waals surface area contributed by atoms with E-state index in [0.717, 1.165) is 0 Å². The topological polar surface area (TPSA) is 62.7 Å². The molecule has 1 spiro atoms. The first-order valence-electron chi connectivity index (χ1n) is 8.62. The van der Waals surface area contributed by atoms with E-state index in [1.807, 2.05) is 0 Å². The lowest BCUT2D eigenvalue weighted by Gasteiger charge is -2.41. The van der Waals surface area contributed by atoms with Crippen molar-refractivity contribution in [2.75, 3.05) is 18.1 Å². The number of rotatable bonds is 3. The highest BCUT2D eigenvalue weighted by Gasteiger charge is 2.60. The number of aromatic nitrogens is 1. The van der Waals surface area contributed by atoms with Gasteiger partial charge in [0.25, 0.3) is 0 Å². The molecule has 1 aromatic rings. The van der Waals surface area contributed by atoms with Gasteiger partial charge in [-0.2, -0.15) is 26.3 Å². The predicted octanol–water partition coefficient (Wildman–Crippen LogP) is 3.61. The molecule has 1 aliphatic heterocycles. The SMILES string of the molecule is O=C1N(c2ccc(OCC(F)(F)F)nc2)CC[C@]12CC[C@@](O)(C(F)(F)F)CC2. The molecule has 3 rings (SSSR count). The van der Waals surface area contributed by atoms with E-state index in [1.165, 1.54) is 23.2 Å².